The molecule has 15 heavy (non-hydrogen) atoms. The first kappa shape index (κ1) is 10.2. The van der Waals surface area contributed by atoms with Gasteiger partial charge in [0.2, 0.25) is 0 Å². The second kappa shape index (κ2) is 4.01. The van der Waals surface area contributed by atoms with Gasteiger partial charge in [-0.2, -0.15) is 0 Å². The van der Waals surface area contributed by atoms with Gasteiger partial charge in [-0.05, 0) is 55.0 Å². The van der Waals surface area contributed by atoms with E-state index in [1.807, 2.05) is 6.07 Å². The van der Waals surface area contributed by atoms with Crippen molar-refractivity contribution in [2.75, 3.05) is 0 Å². The first-order chi connectivity index (χ1) is 7.18. The number of allylic oxidation sites excluding steroid dienone is 1. The van der Waals surface area contributed by atoms with Gasteiger partial charge in [-0.25, -0.2) is 0 Å². The minimum absolute atomic E-state index is 0.330. The SMILES string of the molecule is Cc1cccc(/C=C2/CCCC2=O)c1C. The highest BCUT2D eigenvalue weighted by Crippen LogP contribution is 2.24. The van der Waals surface area contributed by atoms with E-state index in [4.69, 9.17) is 0 Å². The molecule has 1 aliphatic carbocycles. The number of rotatable bonds is 1. The lowest BCUT2D eigenvalue weighted by molar-refractivity contribution is -0.114. The number of aryl methyl sites for hydroxylation is 1. The van der Waals surface area contributed by atoms with Gasteiger partial charge in [0.15, 0.2) is 5.78 Å². The number of Topliss-reactive ketones (excluding diaryl/α,β-unsaturated/α-hetero) is 1. The topological polar surface area (TPSA) is 17.1 Å². The summed E-state index contributed by atoms with van der Waals surface area (Å²) in [6, 6.07) is 6.24. The Morgan fingerprint density at radius 2 is 2.00 bits per heavy atom. The highest BCUT2D eigenvalue weighted by molar-refractivity contribution is 6.01. The molecule has 2 rings (SSSR count). The zero-order valence-corrected chi connectivity index (χ0v) is 9.34. The van der Waals surface area contributed by atoms with Gasteiger partial charge >= 0.3 is 0 Å². The van der Waals surface area contributed by atoms with Crippen molar-refractivity contribution >= 4 is 11.9 Å². The summed E-state index contributed by atoms with van der Waals surface area (Å²) in [4.78, 5) is 11.5. The van der Waals surface area contributed by atoms with Crippen LogP contribution in [0, 0.1) is 13.8 Å². The highest BCUT2D eigenvalue weighted by atomic mass is 16.1. The molecule has 1 saturated carbocycles. The molecular formula is C14H16O. The number of carbonyl (C=O) groups is 1. The van der Waals surface area contributed by atoms with Crippen molar-refractivity contribution in [3.05, 3.63) is 40.5 Å². The van der Waals surface area contributed by atoms with Crippen LogP contribution in [0.15, 0.2) is 23.8 Å². The average molecular weight is 200 g/mol. The molecule has 0 unspecified atom stereocenters. The summed E-state index contributed by atoms with van der Waals surface area (Å²) in [5, 5.41) is 0. The van der Waals surface area contributed by atoms with E-state index in [0.29, 0.717) is 5.78 Å². The van der Waals surface area contributed by atoms with Crippen LogP contribution in [-0.4, -0.2) is 5.78 Å². The summed E-state index contributed by atoms with van der Waals surface area (Å²) in [5.74, 6) is 0.330. The fraction of sp³-hybridized carbons (Fsp3) is 0.357. The van der Waals surface area contributed by atoms with Gasteiger partial charge in [0.1, 0.15) is 0 Å². The Labute approximate surface area is 90.8 Å². The van der Waals surface area contributed by atoms with E-state index in [-0.39, 0.29) is 0 Å². The minimum atomic E-state index is 0.330. The van der Waals surface area contributed by atoms with Crippen molar-refractivity contribution in [1.29, 1.82) is 0 Å². The van der Waals surface area contributed by atoms with Crippen molar-refractivity contribution in [2.24, 2.45) is 0 Å². The van der Waals surface area contributed by atoms with E-state index in [1.165, 1.54) is 16.7 Å². The predicted octanol–water partition coefficient (Wildman–Crippen LogP) is 3.44. The maximum Gasteiger partial charge on any atom is 0.158 e. The van der Waals surface area contributed by atoms with Gasteiger partial charge in [0.05, 0.1) is 0 Å². The summed E-state index contributed by atoms with van der Waals surface area (Å²) in [7, 11) is 0. The van der Waals surface area contributed by atoms with Crippen LogP contribution in [0.2, 0.25) is 0 Å². The number of carbonyl (C=O) groups excluding carboxylic acids is 1. The molecule has 0 N–H and O–H groups in total. The Morgan fingerprint density at radius 3 is 2.67 bits per heavy atom. The molecule has 1 heteroatoms. The fourth-order valence-corrected chi connectivity index (χ4v) is 2.01. The molecule has 78 valence electrons. The van der Waals surface area contributed by atoms with Gasteiger partial charge in [0.25, 0.3) is 0 Å². The summed E-state index contributed by atoms with van der Waals surface area (Å²) in [6.07, 6.45) is 4.77. The molecule has 0 amide bonds. The minimum Gasteiger partial charge on any atom is -0.295 e. The molecule has 1 nitrogen and oxygen atoms in total. The fourth-order valence-electron chi connectivity index (χ4n) is 2.01. The third-order valence-electron chi connectivity index (χ3n) is 3.18. The summed E-state index contributed by atoms with van der Waals surface area (Å²) < 4.78 is 0. The summed E-state index contributed by atoms with van der Waals surface area (Å²) in [5.41, 5.74) is 4.77. The van der Waals surface area contributed by atoms with E-state index >= 15 is 0 Å². The second-order valence-corrected chi connectivity index (χ2v) is 4.24. The largest absolute Gasteiger partial charge is 0.295 e. The van der Waals surface area contributed by atoms with Crippen LogP contribution in [-0.2, 0) is 4.79 Å². The molecule has 1 aromatic rings. The first-order valence-corrected chi connectivity index (χ1v) is 5.48. The van der Waals surface area contributed by atoms with Gasteiger partial charge in [-0.15, -0.1) is 0 Å². The zero-order chi connectivity index (χ0) is 10.8. The Morgan fingerprint density at radius 1 is 1.20 bits per heavy atom. The molecule has 0 heterocycles. The second-order valence-electron chi connectivity index (χ2n) is 4.24. The number of hydrogen-bond acceptors (Lipinski definition) is 1. The van der Waals surface area contributed by atoms with E-state index < -0.39 is 0 Å². The Balaban J connectivity index is 2.39. The molecule has 1 aliphatic rings. The highest BCUT2D eigenvalue weighted by Gasteiger charge is 2.16. The molecule has 1 aromatic carbocycles. The smallest absolute Gasteiger partial charge is 0.158 e. The maximum atomic E-state index is 11.5. The molecule has 0 bridgehead atoms. The van der Waals surface area contributed by atoms with Gasteiger partial charge in [-0.3, -0.25) is 4.79 Å². The van der Waals surface area contributed by atoms with Crippen molar-refractivity contribution < 1.29 is 4.79 Å². The number of benzene rings is 1. The monoisotopic (exact) mass is 200 g/mol. The summed E-state index contributed by atoms with van der Waals surface area (Å²) in [6.45, 7) is 4.22. The normalized spacial score (nSPS) is 18.8. The molecule has 0 radical (unpaired) electrons. The predicted molar refractivity (Wildman–Crippen MR) is 62.8 cm³/mol. The van der Waals surface area contributed by atoms with Crippen LogP contribution in [0.1, 0.15) is 36.0 Å². The Hall–Kier alpha value is -1.37. The quantitative estimate of drug-likeness (QED) is 0.635. The van der Waals surface area contributed by atoms with Gasteiger partial charge in [0, 0.05) is 6.42 Å². The summed E-state index contributed by atoms with van der Waals surface area (Å²) >= 11 is 0. The number of ketones is 1. The van der Waals surface area contributed by atoms with Crippen LogP contribution < -0.4 is 0 Å². The van der Waals surface area contributed by atoms with Crippen molar-refractivity contribution in [3.8, 4) is 0 Å². The van der Waals surface area contributed by atoms with Gasteiger partial charge < -0.3 is 0 Å². The molecule has 0 aliphatic heterocycles. The lowest BCUT2D eigenvalue weighted by Gasteiger charge is -2.04. The van der Waals surface area contributed by atoms with Crippen molar-refractivity contribution in [2.45, 2.75) is 33.1 Å². The van der Waals surface area contributed by atoms with Crippen LogP contribution >= 0.6 is 0 Å². The third-order valence-corrected chi connectivity index (χ3v) is 3.18. The zero-order valence-electron chi connectivity index (χ0n) is 9.34. The lowest BCUT2D eigenvalue weighted by atomic mass is 10.0. The molecule has 0 atom stereocenters. The molecule has 0 saturated heterocycles. The number of hydrogen-bond donors (Lipinski definition) is 0. The van der Waals surface area contributed by atoms with Crippen molar-refractivity contribution in [1.82, 2.24) is 0 Å². The van der Waals surface area contributed by atoms with E-state index in [0.717, 1.165) is 24.8 Å². The average Bonchev–Trinajstić information content (AvgIpc) is 2.60. The van der Waals surface area contributed by atoms with Crippen LogP contribution in [0.4, 0.5) is 0 Å². The van der Waals surface area contributed by atoms with Crippen molar-refractivity contribution in [3.63, 3.8) is 0 Å². The molecular weight excluding hydrogens is 184 g/mol. The Bertz CT molecular complexity index is 427. The third kappa shape index (κ3) is 2.01. The Kier molecular flexibility index (Phi) is 2.72. The lowest BCUT2D eigenvalue weighted by Crippen LogP contribution is -1.92. The molecule has 1 fully saturated rings. The van der Waals surface area contributed by atoms with Crippen LogP contribution in [0.5, 0.6) is 0 Å². The first-order valence-electron chi connectivity index (χ1n) is 5.48. The standard InChI is InChI=1S/C14H16O/c1-10-5-3-6-12(11(10)2)9-13-7-4-8-14(13)15/h3,5-6,9H,4,7-8H2,1-2H3/b13-9-. The van der Waals surface area contributed by atoms with E-state index in [2.05, 4.69) is 32.1 Å². The van der Waals surface area contributed by atoms with Crippen LogP contribution in [0.3, 0.4) is 0 Å². The maximum absolute atomic E-state index is 11.5. The van der Waals surface area contributed by atoms with Crippen LogP contribution in [0.25, 0.3) is 6.08 Å². The molecule has 0 spiro atoms. The molecule has 0 aromatic heterocycles. The van der Waals surface area contributed by atoms with E-state index in [1.54, 1.807) is 0 Å². The van der Waals surface area contributed by atoms with E-state index in [9.17, 15) is 4.79 Å². The van der Waals surface area contributed by atoms with Gasteiger partial charge in [-0.1, -0.05) is 18.2 Å².